The van der Waals surface area contributed by atoms with Crippen molar-refractivity contribution in [2.24, 2.45) is 5.92 Å². The summed E-state index contributed by atoms with van der Waals surface area (Å²) in [6.45, 7) is 7.05. The molecular formula is C16H22N2OS. The third-order valence-corrected chi connectivity index (χ3v) is 4.98. The first-order valence-electron chi connectivity index (χ1n) is 7.13. The SMILES string of the molecule is CCC(CC)CNC(=O)c1sc2ccc(C)cc2c1N. The van der Waals surface area contributed by atoms with Crippen molar-refractivity contribution in [1.29, 1.82) is 0 Å². The number of carbonyl (C=O) groups is 1. The fraction of sp³-hybridized carbons (Fsp3) is 0.438. The Morgan fingerprint density at radius 2 is 2.05 bits per heavy atom. The Labute approximate surface area is 124 Å². The molecule has 0 aliphatic carbocycles. The van der Waals surface area contributed by atoms with E-state index in [4.69, 9.17) is 5.73 Å². The number of nitrogens with one attached hydrogen (secondary N) is 1. The summed E-state index contributed by atoms with van der Waals surface area (Å²) in [6.07, 6.45) is 2.16. The number of rotatable bonds is 5. The van der Waals surface area contributed by atoms with E-state index in [9.17, 15) is 4.79 Å². The average Bonchev–Trinajstić information content (AvgIpc) is 2.77. The summed E-state index contributed by atoms with van der Waals surface area (Å²) in [7, 11) is 0. The molecule has 2 rings (SSSR count). The fourth-order valence-electron chi connectivity index (χ4n) is 2.29. The van der Waals surface area contributed by atoms with Gasteiger partial charge in [0, 0.05) is 16.6 Å². The van der Waals surface area contributed by atoms with Crippen molar-refractivity contribution < 1.29 is 4.79 Å². The summed E-state index contributed by atoms with van der Waals surface area (Å²) >= 11 is 1.47. The van der Waals surface area contributed by atoms with Crippen LogP contribution < -0.4 is 11.1 Å². The van der Waals surface area contributed by atoms with Crippen LogP contribution in [0.15, 0.2) is 18.2 Å². The first kappa shape index (κ1) is 14.9. The van der Waals surface area contributed by atoms with Gasteiger partial charge in [-0.25, -0.2) is 0 Å². The molecule has 1 aromatic carbocycles. The van der Waals surface area contributed by atoms with Gasteiger partial charge >= 0.3 is 0 Å². The molecule has 2 aromatic rings. The third kappa shape index (κ3) is 2.96. The van der Waals surface area contributed by atoms with Crippen molar-refractivity contribution in [1.82, 2.24) is 5.32 Å². The highest BCUT2D eigenvalue weighted by molar-refractivity contribution is 7.21. The lowest BCUT2D eigenvalue weighted by atomic mass is 10.0. The molecule has 3 nitrogen and oxygen atoms in total. The second-order valence-corrected chi connectivity index (χ2v) is 6.29. The smallest absolute Gasteiger partial charge is 0.263 e. The molecule has 0 atom stereocenters. The minimum Gasteiger partial charge on any atom is -0.397 e. The van der Waals surface area contributed by atoms with Gasteiger partial charge in [0.25, 0.3) is 5.91 Å². The van der Waals surface area contributed by atoms with Gasteiger partial charge in [-0.05, 0) is 25.0 Å². The molecule has 20 heavy (non-hydrogen) atoms. The Balaban J connectivity index is 2.20. The van der Waals surface area contributed by atoms with E-state index in [-0.39, 0.29) is 5.91 Å². The molecule has 0 unspecified atom stereocenters. The number of carbonyl (C=O) groups excluding carboxylic acids is 1. The summed E-state index contributed by atoms with van der Waals surface area (Å²) < 4.78 is 1.07. The molecule has 1 heterocycles. The van der Waals surface area contributed by atoms with E-state index in [2.05, 4.69) is 19.2 Å². The fourth-order valence-corrected chi connectivity index (χ4v) is 3.31. The highest BCUT2D eigenvalue weighted by Crippen LogP contribution is 2.34. The number of aryl methyl sites for hydroxylation is 1. The second-order valence-electron chi connectivity index (χ2n) is 5.24. The van der Waals surface area contributed by atoms with E-state index in [1.165, 1.54) is 11.3 Å². The molecule has 0 spiro atoms. The summed E-state index contributed by atoms with van der Waals surface area (Å²) in [5.74, 6) is 0.491. The topological polar surface area (TPSA) is 55.1 Å². The number of thiophene rings is 1. The van der Waals surface area contributed by atoms with E-state index in [1.54, 1.807) is 0 Å². The maximum atomic E-state index is 12.3. The van der Waals surface area contributed by atoms with Gasteiger partial charge in [0.1, 0.15) is 4.88 Å². The number of fused-ring (bicyclic) bond motifs is 1. The van der Waals surface area contributed by atoms with Gasteiger partial charge in [-0.1, -0.05) is 38.3 Å². The molecule has 0 saturated heterocycles. The van der Waals surface area contributed by atoms with Crippen molar-refractivity contribution >= 4 is 33.0 Å². The number of hydrogen-bond acceptors (Lipinski definition) is 3. The quantitative estimate of drug-likeness (QED) is 0.875. The summed E-state index contributed by atoms with van der Waals surface area (Å²) in [5, 5.41) is 4.00. The van der Waals surface area contributed by atoms with Crippen LogP contribution in [0.25, 0.3) is 10.1 Å². The molecule has 0 radical (unpaired) electrons. The first-order valence-corrected chi connectivity index (χ1v) is 7.95. The molecule has 0 saturated carbocycles. The highest BCUT2D eigenvalue weighted by Gasteiger charge is 2.17. The monoisotopic (exact) mass is 290 g/mol. The van der Waals surface area contributed by atoms with Crippen LogP contribution in [0.3, 0.4) is 0 Å². The van der Waals surface area contributed by atoms with E-state index in [1.807, 2.05) is 25.1 Å². The van der Waals surface area contributed by atoms with E-state index in [0.717, 1.165) is 35.0 Å². The molecule has 4 heteroatoms. The number of hydrogen-bond donors (Lipinski definition) is 2. The van der Waals surface area contributed by atoms with Crippen LogP contribution in [0.2, 0.25) is 0 Å². The first-order chi connectivity index (χ1) is 9.56. The molecule has 0 aliphatic rings. The van der Waals surface area contributed by atoms with E-state index in [0.29, 0.717) is 16.5 Å². The van der Waals surface area contributed by atoms with Gasteiger partial charge in [0.15, 0.2) is 0 Å². The van der Waals surface area contributed by atoms with E-state index < -0.39 is 0 Å². The van der Waals surface area contributed by atoms with Gasteiger partial charge in [0.2, 0.25) is 0 Å². The van der Waals surface area contributed by atoms with Crippen LogP contribution in [0.4, 0.5) is 5.69 Å². The van der Waals surface area contributed by atoms with Crippen molar-refractivity contribution in [2.75, 3.05) is 12.3 Å². The van der Waals surface area contributed by atoms with Crippen molar-refractivity contribution in [3.63, 3.8) is 0 Å². The Bertz CT molecular complexity index is 614. The molecular weight excluding hydrogens is 268 g/mol. The molecule has 0 fully saturated rings. The molecule has 3 N–H and O–H groups in total. The minimum absolute atomic E-state index is 0.0479. The number of benzene rings is 1. The van der Waals surface area contributed by atoms with Crippen molar-refractivity contribution in [3.05, 3.63) is 28.6 Å². The van der Waals surface area contributed by atoms with Gasteiger partial charge in [-0.2, -0.15) is 0 Å². The average molecular weight is 290 g/mol. The lowest BCUT2D eigenvalue weighted by Gasteiger charge is -2.12. The summed E-state index contributed by atoms with van der Waals surface area (Å²) in [4.78, 5) is 12.9. The predicted molar refractivity (Wildman–Crippen MR) is 87.4 cm³/mol. The zero-order valence-electron chi connectivity index (χ0n) is 12.3. The van der Waals surface area contributed by atoms with Crippen LogP contribution >= 0.6 is 11.3 Å². The normalized spacial score (nSPS) is 11.2. The Morgan fingerprint density at radius 1 is 1.35 bits per heavy atom. The van der Waals surface area contributed by atoms with Gasteiger partial charge in [-0.15, -0.1) is 11.3 Å². The molecule has 0 bridgehead atoms. The van der Waals surface area contributed by atoms with Crippen LogP contribution in [0.5, 0.6) is 0 Å². The third-order valence-electron chi connectivity index (χ3n) is 3.79. The van der Waals surface area contributed by atoms with Crippen LogP contribution in [0, 0.1) is 12.8 Å². The lowest BCUT2D eigenvalue weighted by Crippen LogP contribution is -2.28. The standard InChI is InChI=1S/C16H22N2OS/c1-4-11(5-2)9-18-16(19)15-14(17)12-8-10(3)6-7-13(12)20-15/h6-8,11H,4-5,9,17H2,1-3H3,(H,18,19). The summed E-state index contributed by atoms with van der Waals surface area (Å²) in [6, 6.07) is 6.12. The van der Waals surface area contributed by atoms with Crippen molar-refractivity contribution in [3.8, 4) is 0 Å². The zero-order chi connectivity index (χ0) is 14.7. The van der Waals surface area contributed by atoms with Crippen molar-refractivity contribution in [2.45, 2.75) is 33.6 Å². The molecule has 108 valence electrons. The Hall–Kier alpha value is -1.55. The maximum Gasteiger partial charge on any atom is 0.263 e. The number of anilines is 1. The van der Waals surface area contributed by atoms with Gasteiger partial charge in [-0.3, -0.25) is 4.79 Å². The molecule has 0 aliphatic heterocycles. The minimum atomic E-state index is -0.0479. The van der Waals surface area contributed by atoms with E-state index >= 15 is 0 Å². The second kappa shape index (κ2) is 6.27. The molecule has 1 amide bonds. The largest absolute Gasteiger partial charge is 0.397 e. The Kier molecular flexibility index (Phi) is 4.65. The zero-order valence-corrected chi connectivity index (χ0v) is 13.1. The van der Waals surface area contributed by atoms with Crippen LogP contribution in [-0.2, 0) is 0 Å². The maximum absolute atomic E-state index is 12.3. The van der Waals surface area contributed by atoms with Crippen LogP contribution in [-0.4, -0.2) is 12.5 Å². The molecule has 1 aromatic heterocycles. The number of nitrogen functional groups attached to an aromatic ring is 1. The van der Waals surface area contributed by atoms with Gasteiger partial charge < -0.3 is 11.1 Å². The van der Waals surface area contributed by atoms with Crippen LogP contribution in [0.1, 0.15) is 41.9 Å². The number of nitrogens with two attached hydrogens (primary N) is 1. The summed E-state index contributed by atoms with van der Waals surface area (Å²) in [5.41, 5.74) is 7.90. The highest BCUT2D eigenvalue weighted by atomic mass is 32.1. The Morgan fingerprint density at radius 3 is 2.70 bits per heavy atom. The number of amides is 1. The predicted octanol–water partition coefficient (Wildman–Crippen LogP) is 3.96. The van der Waals surface area contributed by atoms with Gasteiger partial charge in [0.05, 0.1) is 5.69 Å². The lowest BCUT2D eigenvalue weighted by molar-refractivity contribution is 0.0951.